The van der Waals surface area contributed by atoms with Crippen molar-refractivity contribution >= 4 is 27.9 Å². The molecule has 2 aliphatic rings. The van der Waals surface area contributed by atoms with Gasteiger partial charge in [-0.2, -0.15) is 13.2 Å². The van der Waals surface area contributed by atoms with Gasteiger partial charge in [-0.1, -0.05) is 79.2 Å². The summed E-state index contributed by atoms with van der Waals surface area (Å²) in [5, 5.41) is 0. The third-order valence-corrected chi connectivity index (χ3v) is 10.7. The van der Waals surface area contributed by atoms with Crippen LogP contribution in [-0.2, 0) is 29.4 Å². The van der Waals surface area contributed by atoms with Gasteiger partial charge in [-0.05, 0) is 93.0 Å². The molecule has 2 aliphatic carbocycles. The van der Waals surface area contributed by atoms with Crippen LogP contribution in [0, 0.1) is 34.5 Å². The van der Waals surface area contributed by atoms with Crippen LogP contribution in [0.3, 0.4) is 0 Å². The van der Waals surface area contributed by atoms with E-state index in [1.165, 1.54) is 29.8 Å². The summed E-state index contributed by atoms with van der Waals surface area (Å²) in [6.07, 6.45) is -0.479. The molecule has 7 atom stereocenters. The van der Waals surface area contributed by atoms with Crippen LogP contribution in [0.5, 0.6) is 0 Å². The maximum atomic E-state index is 14.7. The van der Waals surface area contributed by atoms with Crippen LogP contribution >= 0.6 is 15.9 Å². The number of carbonyl (C=O) groups is 2. The predicted octanol–water partition coefficient (Wildman–Crippen LogP) is 9.31. The van der Waals surface area contributed by atoms with Crippen molar-refractivity contribution in [3.8, 4) is 0 Å². The summed E-state index contributed by atoms with van der Waals surface area (Å²) in [7, 11) is 0.866. The van der Waals surface area contributed by atoms with Crippen molar-refractivity contribution in [1.29, 1.82) is 0 Å². The molecular weight excluding hydrogens is 637 g/mol. The zero-order chi connectivity index (χ0) is 33.1. The molecule has 3 rings (SSSR count). The number of carbonyl (C=O) groups excluding carboxylic acids is 2. The number of alkyl halides is 3. The van der Waals surface area contributed by atoms with Crippen LogP contribution in [0.4, 0.5) is 13.2 Å². The van der Waals surface area contributed by atoms with Gasteiger partial charge in [-0.15, -0.1) is 0 Å². The number of esters is 2. The largest absolute Gasteiger partial charge is 0.461 e. The lowest BCUT2D eigenvalue weighted by atomic mass is 9.61. The molecule has 0 heterocycles. The molecule has 44 heavy (non-hydrogen) atoms. The highest BCUT2D eigenvalue weighted by atomic mass is 79.9. The van der Waals surface area contributed by atoms with Gasteiger partial charge >= 0.3 is 18.1 Å². The highest BCUT2D eigenvalue weighted by molar-refractivity contribution is 9.11. The van der Waals surface area contributed by atoms with Gasteiger partial charge in [-0.3, -0.25) is 4.79 Å². The van der Waals surface area contributed by atoms with E-state index < -0.39 is 41.2 Å². The molecule has 0 bridgehead atoms. The topological polar surface area (TPSA) is 61.8 Å². The fourth-order valence-corrected chi connectivity index (χ4v) is 7.95. The average molecular weight is 686 g/mol. The van der Waals surface area contributed by atoms with E-state index in [0.29, 0.717) is 23.8 Å². The Kier molecular flexibility index (Phi) is 11.6. The van der Waals surface area contributed by atoms with E-state index in [1.54, 1.807) is 33.8 Å². The average Bonchev–Trinajstić information content (AvgIpc) is 3.32. The minimum atomic E-state index is -5.09. The molecule has 0 amide bonds. The van der Waals surface area contributed by atoms with Gasteiger partial charge in [0.2, 0.25) is 0 Å². The molecule has 0 unspecified atom stereocenters. The summed E-state index contributed by atoms with van der Waals surface area (Å²) < 4.78 is 60.6. The van der Waals surface area contributed by atoms with E-state index in [0.717, 1.165) is 39.2 Å². The summed E-state index contributed by atoms with van der Waals surface area (Å²) in [4.78, 5) is 28.3. The van der Waals surface area contributed by atoms with Crippen molar-refractivity contribution in [1.82, 2.24) is 0 Å². The summed E-state index contributed by atoms with van der Waals surface area (Å²) in [6.45, 7) is 15.3. The standard InChI is InChI=1S/C35H48BrF3O5/c1-22(27-16-17-28-25(20-36)13-12-18-33(27,28)7)19-29(24(3)23(2)21-43-30(40)32(4,5)6)44-31(41)34(42-8,35(37,38)39)26-14-10-9-11-15-26/h9-11,14-15,20,22,24,27-29H,2,12-13,16-19,21H2,1,3-8H3/b25-20+/t22-,24+,27-,28+,29+,33-,34+/m1/s1. The number of allylic oxidation sites excluding steroid dienone is 1. The van der Waals surface area contributed by atoms with Crippen molar-refractivity contribution in [3.05, 3.63) is 58.6 Å². The van der Waals surface area contributed by atoms with Crippen LogP contribution in [0.2, 0.25) is 0 Å². The van der Waals surface area contributed by atoms with Crippen LogP contribution < -0.4 is 0 Å². The van der Waals surface area contributed by atoms with Crippen molar-refractivity contribution in [2.45, 2.75) is 97.9 Å². The van der Waals surface area contributed by atoms with Gasteiger partial charge in [0.05, 0.1) is 5.41 Å². The second-order valence-corrected chi connectivity index (χ2v) is 14.4. The van der Waals surface area contributed by atoms with E-state index in [2.05, 4.69) is 41.3 Å². The summed E-state index contributed by atoms with van der Waals surface area (Å²) >= 11 is 3.56. The smallest absolute Gasteiger partial charge is 0.432 e. The number of ether oxygens (including phenoxy) is 3. The zero-order valence-corrected chi connectivity index (χ0v) is 28.6. The second-order valence-electron chi connectivity index (χ2n) is 14.0. The van der Waals surface area contributed by atoms with Gasteiger partial charge in [0.1, 0.15) is 12.7 Å². The van der Waals surface area contributed by atoms with Gasteiger partial charge in [0.15, 0.2) is 0 Å². The SMILES string of the molecule is C=C(COC(=O)C(C)(C)C)[C@H](C)[C@H](C[C@@H](C)[C@H]1CC[C@H]2/C(=C/Br)CCC[C@]12C)OC(=O)[C@@](OC)(c1ccccc1)C(F)(F)F. The molecule has 0 aromatic heterocycles. The zero-order valence-electron chi connectivity index (χ0n) is 27.1. The molecule has 246 valence electrons. The number of hydrogen-bond donors (Lipinski definition) is 0. The van der Waals surface area contributed by atoms with Gasteiger partial charge in [0.25, 0.3) is 5.60 Å². The third kappa shape index (κ3) is 7.30. The molecule has 0 radical (unpaired) electrons. The molecule has 1 aromatic carbocycles. The Balaban J connectivity index is 1.95. The van der Waals surface area contributed by atoms with Gasteiger partial charge < -0.3 is 14.2 Å². The second kappa shape index (κ2) is 14.1. The van der Waals surface area contributed by atoms with E-state index in [1.807, 2.05) is 0 Å². The normalized spacial score (nSPS) is 26.7. The Bertz CT molecular complexity index is 1210. The van der Waals surface area contributed by atoms with Crippen LogP contribution in [0.1, 0.15) is 85.6 Å². The maximum Gasteiger partial charge on any atom is 0.432 e. The first-order chi connectivity index (χ1) is 20.4. The lowest BCUT2D eigenvalue weighted by Crippen LogP contribution is -2.53. The molecule has 1 aromatic rings. The van der Waals surface area contributed by atoms with Gasteiger partial charge in [-0.25, -0.2) is 4.79 Å². The molecule has 0 aliphatic heterocycles. The van der Waals surface area contributed by atoms with E-state index in [9.17, 15) is 22.8 Å². The summed E-state index contributed by atoms with van der Waals surface area (Å²) in [5.74, 6) is -1.78. The first-order valence-electron chi connectivity index (χ1n) is 15.5. The molecule has 5 nitrogen and oxygen atoms in total. The molecule has 9 heteroatoms. The maximum absolute atomic E-state index is 14.7. The van der Waals surface area contributed by atoms with E-state index in [4.69, 9.17) is 14.2 Å². The minimum Gasteiger partial charge on any atom is -0.461 e. The number of halogens is 4. The Morgan fingerprint density at radius 1 is 1.11 bits per heavy atom. The van der Waals surface area contributed by atoms with Crippen molar-refractivity contribution in [3.63, 3.8) is 0 Å². The highest BCUT2D eigenvalue weighted by Crippen LogP contribution is 2.60. The van der Waals surface area contributed by atoms with Crippen molar-refractivity contribution in [2.24, 2.45) is 34.5 Å². The van der Waals surface area contributed by atoms with E-state index in [-0.39, 0.29) is 23.5 Å². The first kappa shape index (κ1) is 36.3. The van der Waals surface area contributed by atoms with Crippen LogP contribution in [-0.4, -0.2) is 37.9 Å². The minimum absolute atomic E-state index is 0.0319. The first-order valence-corrected chi connectivity index (χ1v) is 16.4. The highest BCUT2D eigenvalue weighted by Gasteiger charge is 2.64. The Labute approximate surface area is 269 Å². The van der Waals surface area contributed by atoms with Crippen LogP contribution in [0.15, 0.2) is 53.0 Å². The Morgan fingerprint density at radius 2 is 1.75 bits per heavy atom. The number of hydrogen-bond acceptors (Lipinski definition) is 5. The fraction of sp³-hybridized carbons (Fsp3) is 0.657. The quantitative estimate of drug-likeness (QED) is 0.172. The molecular formula is C35H48BrF3O5. The predicted molar refractivity (Wildman–Crippen MR) is 169 cm³/mol. The Morgan fingerprint density at radius 3 is 2.30 bits per heavy atom. The lowest BCUT2D eigenvalue weighted by molar-refractivity contribution is -0.279. The van der Waals surface area contributed by atoms with Crippen molar-refractivity contribution < 1.29 is 37.0 Å². The molecule has 2 saturated carbocycles. The summed E-state index contributed by atoms with van der Waals surface area (Å²) in [5.41, 5.74) is -2.49. The third-order valence-electron chi connectivity index (χ3n) is 10.1. The molecule has 2 fully saturated rings. The molecule has 0 N–H and O–H groups in total. The van der Waals surface area contributed by atoms with Gasteiger partial charge in [0, 0.05) is 18.6 Å². The number of fused-ring (bicyclic) bond motifs is 1. The fourth-order valence-electron chi connectivity index (χ4n) is 7.41. The van der Waals surface area contributed by atoms with E-state index >= 15 is 0 Å². The molecule has 0 spiro atoms. The van der Waals surface area contributed by atoms with Crippen molar-refractivity contribution in [2.75, 3.05) is 13.7 Å². The van der Waals surface area contributed by atoms with Crippen LogP contribution in [0.25, 0.3) is 0 Å². The number of methoxy groups -OCH3 is 1. The summed E-state index contributed by atoms with van der Waals surface area (Å²) in [6, 6.07) is 6.83. The lowest BCUT2D eigenvalue weighted by Gasteiger charge is -2.45. The number of rotatable bonds is 11. The number of benzene rings is 1. The monoisotopic (exact) mass is 684 g/mol. The Hall–Kier alpha value is -2.13. The molecule has 0 saturated heterocycles.